The Labute approximate surface area is 127 Å². The minimum absolute atomic E-state index is 0.0222. The zero-order valence-corrected chi connectivity index (χ0v) is 12.1. The summed E-state index contributed by atoms with van der Waals surface area (Å²) in [5.41, 5.74) is 6.48. The molecule has 0 saturated carbocycles. The normalized spacial score (nSPS) is 18.3. The highest BCUT2D eigenvalue weighted by Gasteiger charge is 2.34. The maximum absolute atomic E-state index is 6.03. The van der Waals surface area contributed by atoms with Crippen molar-refractivity contribution in [1.29, 1.82) is 0 Å². The number of nitrogens with one attached hydrogen (secondary N) is 1. The molecule has 3 aromatic rings. The van der Waals surface area contributed by atoms with E-state index in [9.17, 15) is 0 Å². The van der Waals surface area contributed by atoms with E-state index < -0.39 is 0 Å². The summed E-state index contributed by atoms with van der Waals surface area (Å²) in [6, 6.07) is 16.1. The Morgan fingerprint density at radius 1 is 1.19 bits per heavy atom. The highest BCUT2D eigenvalue weighted by atomic mass is 35.5. The van der Waals surface area contributed by atoms with E-state index in [1.807, 2.05) is 24.3 Å². The van der Waals surface area contributed by atoms with Crippen LogP contribution in [0.3, 0.4) is 0 Å². The van der Waals surface area contributed by atoms with Gasteiger partial charge in [0.2, 0.25) is 0 Å². The fraction of sp³-hybridized carbons (Fsp3) is 0.176. The molecule has 4 rings (SSSR count). The van der Waals surface area contributed by atoms with Crippen molar-refractivity contribution in [3.8, 4) is 0 Å². The maximum Gasteiger partial charge on any atom is 0.134 e. The molecule has 0 bridgehead atoms. The Bertz CT molecular complexity index is 811. The van der Waals surface area contributed by atoms with Gasteiger partial charge in [0.05, 0.1) is 6.04 Å². The first kappa shape index (κ1) is 12.9. The highest BCUT2D eigenvalue weighted by molar-refractivity contribution is 6.31. The highest BCUT2D eigenvalue weighted by Crippen LogP contribution is 2.44. The molecule has 0 aliphatic heterocycles. The minimum Gasteiger partial charge on any atom is -0.459 e. The molecule has 0 amide bonds. The van der Waals surface area contributed by atoms with Crippen LogP contribution in [0.15, 0.2) is 52.9 Å². The molecular weight excluding hydrogens is 284 g/mol. The van der Waals surface area contributed by atoms with Crippen LogP contribution in [-0.2, 0) is 6.42 Å². The van der Waals surface area contributed by atoms with E-state index in [1.165, 1.54) is 11.1 Å². The summed E-state index contributed by atoms with van der Waals surface area (Å²) in [5.74, 6) is 6.99. The van der Waals surface area contributed by atoms with Gasteiger partial charge in [0, 0.05) is 16.3 Å². The van der Waals surface area contributed by atoms with Crippen molar-refractivity contribution in [1.82, 2.24) is 5.43 Å². The quantitative estimate of drug-likeness (QED) is 0.569. The van der Waals surface area contributed by atoms with Gasteiger partial charge in [-0.2, -0.15) is 0 Å². The SMILES string of the molecule is NNC(c1cc2cc(Cl)ccc2o1)C1Cc2ccccc21. The Morgan fingerprint density at radius 3 is 2.86 bits per heavy atom. The Balaban J connectivity index is 1.72. The van der Waals surface area contributed by atoms with E-state index in [2.05, 4.69) is 29.7 Å². The van der Waals surface area contributed by atoms with Crippen LogP contribution in [0.5, 0.6) is 0 Å². The Morgan fingerprint density at radius 2 is 2.05 bits per heavy atom. The van der Waals surface area contributed by atoms with E-state index in [0.717, 1.165) is 23.2 Å². The molecule has 0 fully saturated rings. The molecule has 0 saturated heterocycles. The van der Waals surface area contributed by atoms with Gasteiger partial charge in [-0.1, -0.05) is 35.9 Å². The van der Waals surface area contributed by atoms with Crippen LogP contribution in [0.25, 0.3) is 11.0 Å². The molecule has 0 radical (unpaired) electrons. The average Bonchev–Trinajstić information content (AvgIpc) is 2.87. The fourth-order valence-corrected chi connectivity index (χ4v) is 3.36. The van der Waals surface area contributed by atoms with Crippen LogP contribution in [0, 0.1) is 0 Å². The third kappa shape index (κ3) is 2.05. The molecule has 3 nitrogen and oxygen atoms in total. The summed E-state index contributed by atoms with van der Waals surface area (Å²) < 4.78 is 5.95. The lowest BCUT2D eigenvalue weighted by Gasteiger charge is -2.35. The van der Waals surface area contributed by atoms with Crippen molar-refractivity contribution < 1.29 is 4.42 Å². The molecule has 0 spiro atoms. The van der Waals surface area contributed by atoms with Gasteiger partial charge < -0.3 is 4.42 Å². The molecule has 4 heteroatoms. The first-order valence-electron chi connectivity index (χ1n) is 6.99. The monoisotopic (exact) mass is 298 g/mol. The van der Waals surface area contributed by atoms with Gasteiger partial charge in [0.1, 0.15) is 11.3 Å². The smallest absolute Gasteiger partial charge is 0.134 e. The van der Waals surface area contributed by atoms with Crippen LogP contribution in [0.1, 0.15) is 28.8 Å². The second-order valence-electron chi connectivity index (χ2n) is 5.48. The number of furan rings is 1. The van der Waals surface area contributed by atoms with Crippen molar-refractivity contribution in [2.45, 2.75) is 18.4 Å². The predicted molar refractivity (Wildman–Crippen MR) is 84.2 cm³/mol. The summed E-state index contributed by atoms with van der Waals surface area (Å²) in [5, 5.41) is 1.71. The number of hydrazine groups is 1. The number of fused-ring (bicyclic) bond motifs is 2. The zero-order valence-electron chi connectivity index (χ0n) is 11.3. The van der Waals surface area contributed by atoms with Crippen molar-refractivity contribution in [2.24, 2.45) is 5.84 Å². The number of hydrogen-bond acceptors (Lipinski definition) is 3. The van der Waals surface area contributed by atoms with Crippen LogP contribution >= 0.6 is 11.6 Å². The Hall–Kier alpha value is -1.81. The van der Waals surface area contributed by atoms with E-state index >= 15 is 0 Å². The van der Waals surface area contributed by atoms with Crippen molar-refractivity contribution in [3.63, 3.8) is 0 Å². The predicted octanol–water partition coefficient (Wildman–Crippen LogP) is 3.93. The summed E-state index contributed by atoms with van der Waals surface area (Å²) in [4.78, 5) is 0. The van der Waals surface area contributed by atoms with Crippen molar-refractivity contribution in [2.75, 3.05) is 0 Å². The second-order valence-corrected chi connectivity index (χ2v) is 5.92. The van der Waals surface area contributed by atoms with Gasteiger partial charge in [0.15, 0.2) is 0 Å². The van der Waals surface area contributed by atoms with E-state index in [4.69, 9.17) is 21.9 Å². The zero-order chi connectivity index (χ0) is 14.4. The van der Waals surface area contributed by atoms with Crippen LogP contribution in [-0.4, -0.2) is 0 Å². The molecule has 3 N–H and O–H groups in total. The number of nitrogens with two attached hydrogens (primary N) is 1. The summed E-state index contributed by atoms with van der Waals surface area (Å²) in [6.45, 7) is 0. The summed E-state index contributed by atoms with van der Waals surface area (Å²) >= 11 is 6.03. The number of rotatable bonds is 3. The van der Waals surface area contributed by atoms with Crippen molar-refractivity contribution >= 4 is 22.6 Å². The van der Waals surface area contributed by atoms with Crippen LogP contribution < -0.4 is 11.3 Å². The maximum atomic E-state index is 6.03. The van der Waals surface area contributed by atoms with E-state index in [-0.39, 0.29) is 6.04 Å². The van der Waals surface area contributed by atoms with Gasteiger partial charge >= 0.3 is 0 Å². The second kappa shape index (κ2) is 4.88. The van der Waals surface area contributed by atoms with Gasteiger partial charge in [-0.3, -0.25) is 5.84 Å². The lowest BCUT2D eigenvalue weighted by Crippen LogP contribution is -2.36. The average molecular weight is 299 g/mol. The molecule has 2 atom stereocenters. The Kier molecular flexibility index (Phi) is 3.00. The molecule has 106 valence electrons. The number of benzene rings is 2. The fourth-order valence-electron chi connectivity index (χ4n) is 3.18. The first-order valence-corrected chi connectivity index (χ1v) is 7.37. The molecule has 1 aliphatic carbocycles. The third-order valence-corrected chi connectivity index (χ3v) is 4.52. The van der Waals surface area contributed by atoms with Gasteiger partial charge in [0.25, 0.3) is 0 Å². The van der Waals surface area contributed by atoms with Gasteiger partial charge in [-0.15, -0.1) is 0 Å². The topological polar surface area (TPSA) is 51.2 Å². The minimum atomic E-state index is -0.0222. The number of halogens is 1. The largest absolute Gasteiger partial charge is 0.459 e. The van der Waals surface area contributed by atoms with Gasteiger partial charge in [-0.25, -0.2) is 5.43 Å². The lowest BCUT2D eigenvalue weighted by molar-refractivity contribution is 0.358. The number of hydrogen-bond donors (Lipinski definition) is 2. The molecule has 1 aliphatic rings. The van der Waals surface area contributed by atoms with Crippen LogP contribution in [0.4, 0.5) is 0 Å². The molecule has 2 unspecified atom stereocenters. The van der Waals surface area contributed by atoms with E-state index in [1.54, 1.807) is 0 Å². The summed E-state index contributed by atoms with van der Waals surface area (Å²) in [6.07, 6.45) is 1.02. The summed E-state index contributed by atoms with van der Waals surface area (Å²) in [7, 11) is 0. The van der Waals surface area contributed by atoms with E-state index in [0.29, 0.717) is 10.9 Å². The third-order valence-electron chi connectivity index (χ3n) is 4.28. The molecular formula is C17H15ClN2O. The van der Waals surface area contributed by atoms with Crippen molar-refractivity contribution in [3.05, 3.63) is 70.4 Å². The van der Waals surface area contributed by atoms with Crippen LogP contribution in [0.2, 0.25) is 5.02 Å². The molecule has 1 aromatic heterocycles. The molecule has 1 heterocycles. The molecule has 2 aromatic carbocycles. The molecule has 21 heavy (non-hydrogen) atoms. The standard InChI is InChI=1S/C17H15ClN2O/c18-12-5-6-15-11(7-12)9-16(21-15)17(20-19)14-8-10-3-1-2-4-13(10)14/h1-7,9,14,17,20H,8,19H2. The van der Waals surface area contributed by atoms with Gasteiger partial charge in [-0.05, 0) is 41.8 Å². The lowest BCUT2D eigenvalue weighted by atomic mass is 9.73. The first-order chi connectivity index (χ1) is 10.3.